The van der Waals surface area contributed by atoms with E-state index in [1.165, 1.54) is 0 Å². The molecule has 4 rings (SSSR count). The Labute approximate surface area is 214 Å². The Morgan fingerprint density at radius 3 is 2.39 bits per heavy atom. The third-order valence-corrected chi connectivity index (χ3v) is 6.97. The largest absolute Gasteiger partial charge is 0.448 e. The highest BCUT2D eigenvalue weighted by Crippen LogP contribution is 2.33. The number of anilines is 1. The number of piperidine rings is 1. The fourth-order valence-electron chi connectivity index (χ4n) is 4.38. The Morgan fingerprint density at radius 2 is 1.67 bits per heavy atom. The highest BCUT2D eigenvalue weighted by atomic mass is 35.5. The summed E-state index contributed by atoms with van der Waals surface area (Å²) in [7, 11) is 0. The van der Waals surface area contributed by atoms with E-state index in [2.05, 4.69) is 10.6 Å². The smallest absolute Gasteiger partial charge is 0.411 e. The summed E-state index contributed by atoms with van der Waals surface area (Å²) in [5, 5.41) is 8.28. The summed E-state index contributed by atoms with van der Waals surface area (Å²) in [6.45, 7) is 0.743. The number of rotatable bonds is 7. The van der Waals surface area contributed by atoms with Gasteiger partial charge in [0.1, 0.15) is 6.61 Å². The van der Waals surface area contributed by atoms with Crippen molar-refractivity contribution >= 4 is 46.0 Å². The van der Waals surface area contributed by atoms with E-state index < -0.39 is 11.5 Å². The molecule has 188 valence electrons. The second-order valence-electron chi connectivity index (χ2n) is 8.90. The summed E-state index contributed by atoms with van der Waals surface area (Å²) in [5.74, 6) is -0.421. The second kappa shape index (κ2) is 11.4. The van der Waals surface area contributed by atoms with E-state index in [1.807, 2.05) is 54.6 Å². The van der Waals surface area contributed by atoms with Crippen LogP contribution in [0.4, 0.5) is 10.5 Å². The molecule has 1 saturated heterocycles. The van der Waals surface area contributed by atoms with Gasteiger partial charge in [-0.1, -0.05) is 60.1 Å². The van der Waals surface area contributed by atoms with Gasteiger partial charge in [0.05, 0.1) is 12.0 Å². The lowest BCUT2D eigenvalue weighted by atomic mass is 9.78. The number of carbonyl (C=O) groups excluding carboxylic acids is 3. The van der Waals surface area contributed by atoms with Gasteiger partial charge in [-0.2, -0.15) is 0 Å². The number of halogens is 1. The molecule has 0 saturated carbocycles. The van der Waals surface area contributed by atoms with Crippen molar-refractivity contribution in [3.05, 3.63) is 77.3 Å². The Bertz CT molecular complexity index is 1260. The van der Waals surface area contributed by atoms with E-state index in [0.717, 1.165) is 16.3 Å². The molecule has 8 nitrogen and oxygen atoms in total. The molecular formula is C27H29ClN4O4. The number of likely N-dealkylation sites (tertiary alicyclic amines) is 1. The van der Waals surface area contributed by atoms with E-state index in [-0.39, 0.29) is 31.5 Å². The number of nitrogens with two attached hydrogens (primary N) is 1. The molecule has 36 heavy (non-hydrogen) atoms. The van der Waals surface area contributed by atoms with Crippen LogP contribution >= 0.6 is 11.6 Å². The van der Waals surface area contributed by atoms with Gasteiger partial charge in [0.2, 0.25) is 11.8 Å². The number of fused-ring (bicyclic) bond motifs is 1. The molecule has 0 unspecified atom stereocenters. The van der Waals surface area contributed by atoms with Crippen LogP contribution < -0.4 is 16.4 Å². The third-order valence-electron chi connectivity index (χ3n) is 6.60. The fourth-order valence-corrected chi connectivity index (χ4v) is 4.58. The molecule has 9 heteroatoms. The lowest BCUT2D eigenvalue weighted by Crippen LogP contribution is -2.53. The standard InChI is InChI=1S/C27H29ClN4O4/c28-23-8-4-3-7-21(23)17-30-25(34)27(11-13-32(14-12-27)24(33)16-29)18-36-26(35)31-22-10-9-19-5-1-2-6-20(19)15-22/h1-10,15H,11-14,16-18,29H2,(H,30,34)(H,31,35). The molecule has 3 amide bonds. The van der Waals surface area contributed by atoms with Gasteiger partial charge >= 0.3 is 6.09 Å². The monoisotopic (exact) mass is 508 g/mol. The maximum Gasteiger partial charge on any atom is 0.411 e. The van der Waals surface area contributed by atoms with Crippen LogP contribution in [0.15, 0.2) is 66.7 Å². The van der Waals surface area contributed by atoms with Crippen molar-refractivity contribution in [2.45, 2.75) is 19.4 Å². The van der Waals surface area contributed by atoms with Gasteiger partial charge in [0.25, 0.3) is 0 Å². The van der Waals surface area contributed by atoms with Gasteiger partial charge in [0.15, 0.2) is 0 Å². The van der Waals surface area contributed by atoms with Crippen molar-refractivity contribution in [3.8, 4) is 0 Å². The number of hydrogen-bond donors (Lipinski definition) is 3. The minimum absolute atomic E-state index is 0.0869. The molecule has 1 heterocycles. The van der Waals surface area contributed by atoms with E-state index in [9.17, 15) is 14.4 Å². The molecule has 0 aromatic heterocycles. The van der Waals surface area contributed by atoms with Crippen LogP contribution in [0.2, 0.25) is 5.02 Å². The molecule has 3 aromatic carbocycles. The van der Waals surface area contributed by atoms with Crippen LogP contribution in [-0.4, -0.2) is 49.0 Å². The number of hydrogen-bond acceptors (Lipinski definition) is 5. The van der Waals surface area contributed by atoms with E-state index in [1.54, 1.807) is 17.0 Å². The average molecular weight is 509 g/mol. The van der Waals surface area contributed by atoms with Gasteiger partial charge < -0.3 is 20.7 Å². The van der Waals surface area contributed by atoms with Crippen LogP contribution in [0.5, 0.6) is 0 Å². The predicted molar refractivity (Wildman–Crippen MR) is 140 cm³/mol. The Balaban J connectivity index is 1.43. The summed E-state index contributed by atoms with van der Waals surface area (Å²) >= 11 is 6.23. The molecule has 0 bridgehead atoms. The first-order valence-electron chi connectivity index (χ1n) is 11.8. The normalized spacial score (nSPS) is 14.8. The second-order valence-corrected chi connectivity index (χ2v) is 9.31. The van der Waals surface area contributed by atoms with Gasteiger partial charge in [-0.25, -0.2) is 4.79 Å². The quantitative estimate of drug-likeness (QED) is 0.447. The molecule has 3 aromatic rings. The number of amides is 3. The van der Waals surface area contributed by atoms with Crippen molar-refractivity contribution in [1.82, 2.24) is 10.2 Å². The SMILES string of the molecule is NCC(=O)N1CCC(COC(=O)Nc2ccc3ccccc3c2)(C(=O)NCc2ccccc2Cl)CC1. The van der Waals surface area contributed by atoms with Crippen LogP contribution in [-0.2, 0) is 20.9 Å². The van der Waals surface area contributed by atoms with Gasteiger partial charge in [0, 0.05) is 30.3 Å². The maximum atomic E-state index is 13.4. The van der Waals surface area contributed by atoms with E-state index in [4.69, 9.17) is 22.1 Å². The minimum atomic E-state index is -0.979. The molecule has 0 aliphatic carbocycles. The number of carbonyl (C=O) groups is 3. The molecule has 1 aliphatic heterocycles. The van der Waals surface area contributed by atoms with Gasteiger partial charge in [-0.3, -0.25) is 14.9 Å². The molecule has 0 spiro atoms. The highest BCUT2D eigenvalue weighted by Gasteiger charge is 2.43. The van der Waals surface area contributed by atoms with Crippen molar-refractivity contribution in [2.75, 3.05) is 31.6 Å². The van der Waals surface area contributed by atoms with Crippen LogP contribution in [0.3, 0.4) is 0 Å². The zero-order valence-electron chi connectivity index (χ0n) is 19.8. The Kier molecular flexibility index (Phi) is 8.07. The number of benzene rings is 3. The van der Waals surface area contributed by atoms with Crippen LogP contribution in [0.25, 0.3) is 10.8 Å². The maximum absolute atomic E-state index is 13.4. The first-order valence-corrected chi connectivity index (χ1v) is 12.2. The molecular weight excluding hydrogens is 480 g/mol. The zero-order chi connectivity index (χ0) is 25.5. The zero-order valence-corrected chi connectivity index (χ0v) is 20.6. The summed E-state index contributed by atoms with van der Waals surface area (Å²) < 4.78 is 5.55. The minimum Gasteiger partial charge on any atom is -0.448 e. The first-order chi connectivity index (χ1) is 17.4. The van der Waals surface area contributed by atoms with Crippen molar-refractivity contribution < 1.29 is 19.1 Å². The summed E-state index contributed by atoms with van der Waals surface area (Å²) in [6, 6.07) is 20.7. The summed E-state index contributed by atoms with van der Waals surface area (Å²) in [4.78, 5) is 39.7. The van der Waals surface area contributed by atoms with Crippen LogP contribution in [0.1, 0.15) is 18.4 Å². The summed E-state index contributed by atoms with van der Waals surface area (Å²) in [5.41, 5.74) is 5.91. The van der Waals surface area contributed by atoms with Gasteiger partial charge in [-0.05, 0) is 47.4 Å². The Morgan fingerprint density at radius 1 is 0.972 bits per heavy atom. The topological polar surface area (TPSA) is 114 Å². The lowest BCUT2D eigenvalue weighted by Gasteiger charge is -2.40. The Hall–Kier alpha value is -3.62. The fraction of sp³-hybridized carbons (Fsp3) is 0.296. The average Bonchev–Trinajstić information content (AvgIpc) is 2.91. The van der Waals surface area contributed by atoms with E-state index in [0.29, 0.717) is 36.6 Å². The van der Waals surface area contributed by atoms with E-state index >= 15 is 0 Å². The first kappa shape index (κ1) is 25.5. The predicted octanol–water partition coefficient (Wildman–Crippen LogP) is 3.93. The lowest BCUT2D eigenvalue weighted by molar-refractivity contribution is -0.142. The number of nitrogens with zero attached hydrogens (tertiary/aromatic N) is 1. The number of ether oxygens (including phenoxy) is 1. The molecule has 0 radical (unpaired) electrons. The molecule has 1 aliphatic rings. The number of nitrogens with one attached hydrogen (secondary N) is 2. The summed E-state index contributed by atoms with van der Waals surface area (Å²) in [6.07, 6.45) is 0.0382. The third kappa shape index (κ3) is 5.95. The van der Waals surface area contributed by atoms with Crippen molar-refractivity contribution in [1.29, 1.82) is 0 Å². The van der Waals surface area contributed by atoms with Crippen molar-refractivity contribution in [2.24, 2.45) is 11.1 Å². The molecule has 0 atom stereocenters. The van der Waals surface area contributed by atoms with Crippen LogP contribution in [0, 0.1) is 5.41 Å². The molecule has 4 N–H and O–H groups in total. The highest BCUT2D eigenvalue weighted by molar-refractivity contribution is 6.31. The van der Waals surface area contributed by atoms with Gasteiger partial charge in [-0.15, -0.1) is 0 Å². The molecule has 1 fully saturated rings. The van der Waals surface area contributed by atoms with Crippen molar-refractivity contribution in [3.63, 3.8) is 0 Å².